The van der Waals surface area contributed by atoms with Gasteiger partial charge in [-0.05, 0) is 6.42 Å². The van der Waals surface area contributed by atoms with Crippen molar-refractivity contribution in [1.29, 1.82) is 0 Å². The molecule has 0 nitrogen and oxygen atoms in total. The Kier molecular flexibility index (Phi) is 10.9. The maximum absolute atomic E-state index is 3.42. The Morgan fingerprint density at radius 1 is 0.955 bits per heavy atom. The second kappa shape index (κ2) is 10.8. The third-order valence-corrected chi connectivity index (χ3v) is 3.88. The average molecular weight is 518 g/mol. The molecule has 4 rings (SSSR count). The van der Waals surface area contributed by atoms with Crippen molar-refractivity contribution >= 4 is 22.6 Å². The summed E-state index contributed by atoms with van der Waals surface area (Å²) in [6.07, 6.45) is 11.0. The van der Waals surface area contributed by atoms with Gasteiger partial charge < -0.3 is 24.8 Å². The fraction of sp³-hybridized carbons (Fsp3) is 0.111. The zero-order valence-electron chi connectivity index (χ0n) is 11.7. The molecule has 0 heterocycles. The molecule has 0 aromatic heterocycles. The molecule has 4 heteroatoms. The van der Waals surface area contributed by atoms with Crippen molar-refractivity contribution in [3.05, 3.63) is 81.5 Å². The van der Waals surface area contributed by atoms with Crippen LogP contribution >= 0.6 is 22.6 Å². The second-order valence-electron chi connectivity index (χ2n) is 4.54. The Morgan fingerprint density at radius 3 is 2.36 bits per heavy atom. The molecule has 0 spiro atoms. The molecule has 0 fully saturated rings. The molecule has 0 aliphatic heterocycles. The van der Waals surface area contributed by atoms with Crippen LogP contribution in [0.25, 0.3) is 11.1 Å². The van der Waals surface area contributed by atoms with Crippen LogP contribution in [0.3, 0.4) is 0 Å². The zero-order chi connectivity index (χ0) is 13.1. The predicted octanol–water partition coefficient (Wildman–Crippen LogP) is -1.03. The largest absolute Gasteiger partial charge is 4.00 e. The number of fused-ring (bicyclic) bond motifs is 3. The molecule has 0 saturated heterocycles. The van der Waals surface area contributed by atoms with E-state index in [0.29, 0.717) is 0 Å². The molecule has 0 unspecified atom stereocenters. The number of allylic oxidation sites excluding steroid dienone is 4. The SMILES string of the molecule is Ic1[c-]c2c(cc1)-c1ccccc1C2.[C-]1=CC=CC1.[Cl-].[Cl-].[Zr+4]. The fourth-order valence-corrected chi connectivity index (χ4v) is 2.88. The minimum atomic E-state index is 0. The van der Waals surface area contributed by atoms with Crippen molar-refractivity contribution in [3.8, 4) is 11.1 Å². The van der Waals surface area contributed by atoms with Crippen molar-refractivity contribution in [2.24, 2.45) is 0 Å². The van der Waals surface area contributed by atoms with Crippen LogP contribution in [-0.2, 0) is 32.6 Å². The maximum Gasteiger partial charge on any atom is 4.00 e. The molecule has 2 aliphatic carbocycles. The zero-order valence-corrected chi connectivity index (χ0v) is 17.9. The Hall–Kier alpha value is 0.113. The molecule has 0 radical (unpaired) electrons. The van der Waals surface area contributed by atoms with Gasteiger partial charge in [0.05, 0.1) is 0 Å². The van der Waals surface area contributed by atoms with E-state index in [1.54, 1.807) is 0 Å². The van der Waals surface area contributed by atoms with E-state index in [2.05, 4.69) is 77.2 Å². The van der Waals surface area contributed by atoms with Crippen LogP contribution in [0.5, 0.6) is 0 Å². The number of halogens is 3. The Morgan fingerprint density at radius 2 is 1.73 bits per heavy atom. The summed E-state index contributed by atoms with van der Waals surface area (Å²) < 4.78 is 1.20. The first-order valence-electron chi connectivity index (χ1n) is 6.35. The first-order chi connectivity index (χ1) is 9.34. The third kappa shape index (κ3) is 5.33. The summed E-state index contributed by atoms with van der Waals surface area (Å²) >= 11 is 2.32. The second-order valence-corrected chi connectivity index (χ2v) is 5.70. The molecule has 0 saturated carbocycles. The van der Waals surface area contributed by atoms with E-state index in [-0.39, 0.29) is 51.0 Å². The quantitative estimate of drug-likeness (QED) is 0.264. The Labute approximate surface area is 177 Å². The summed E-state index contributed by atoms with van der Waals surface area (Å²) in [7, 11) is 0. The summed E-state index contributed by atoms with van der Waals surface area (Å²) in [5, 5.41) is 0. The standard InChI is InChI=1S/C13H8I.C5H5.2ClH.Zr/c14-11-5-6-13-10(8-11)7-9-3-1-2-4-12(9)13;1-2-4-5-3-1;;;/h1-6H,7H2;1-3H,4H2;2*1H;/q2*-1;;;+4/p-2. The molecule has 2 aromatic rings. The van der Waals surface area contributed by atoms with E-state index in [1.807, 2.05) is 12.2 Å². The van der Waals surface area contributed by atoms with Gasteiger partial charge in [0, 0.05) is 0 Å². The van der Waals surface area contributed by atoms with Crippen LogP contribution in [0.15, 0.2) is 54.6 Å². The van der Waals surface area contributed by atoms with E-state index in [9.17, 15) is 0 Å². The van der Waals surface area contributed by atoms with Crippen LogP contribution in [0.2, 0.25) is 0 Å². The monoisotopic (exact) mass is 516 g/mol. The van der Waals surface area contributed by atoms with Crippen LogP contribution in [0.4, 0.5) is 0 Å². The number of rotatable bonds is 0. The minimum absolute atomic E-state index is 0. The summed E-state index contributed by atoms with van der Waals surface area (Å²) in [6.45, 7) is 0. The molecule has 2 aliphatic rings. The van der Waals surface area contributed by atoms with Crippen molar-refractivity contribution in [2.75, 3.05) is 0 Å². The van der Waals surface area contributed by atoms with E-state index in [4.69, 9.17) is 0 Å². The molecular weight excluding hydrogens is 505 g/mol. The maximum atomic E-state index is 3.42. The topological polar surface area (TPSA) is 0 Å². The van der Waals surface area contributed by atoms with Crippen LogP contribution < -0.4 is 24.8 Å². The number of hydrogen-bond acceptors (Lipinski definition) is 0. The molecule has 0 bridgehead atoms. The fourth-order valence-electron chi connectivity index (χ4n) is 2.37. The summed E-state index contributed by atoms with van der Waals surface area (Å²) in [5.41, 5.74) is 5.52. The molecular formula is C18H13Cl2IZr. The smallest absolute Gasteiger partial charge is 1.00 e. The van der Waals surface area contributed by atoms with Gasteiger partial charge in [-0.25, -0.2) is 12.2 Å². The van der Waals surface area contributed by atoms with E-state index in [1.165, 1.54) is 25.8 Å². The van der Waals surface area contributed by atoms with Gasteiger partial charge in [0.2, 0.25) is 0 Å². The number of benzene rings is 2. The molecule has 0 N–H and O–H groups in total. The average Bonchev–Trinajstić information content (AvgIpc) is 3.09. The van der Waals surface area contributed by atoms with Gasteiger partial charge in [-0.2, -0.15) is 24.3 Å². The molecule has 0 amide bonds. The van der Waals surface area contributed by atoms with Crippen LogP contribution in [0.1, 0.15) is 17.5 Å². The molecule has 2 aromatic carbocycles. The predicted molar refractivity (Wildman–Crippen MR) is 87.8 cm³/mol. The number of hydrogen-bond donors (Lipinski definition) is 0. The van der Waals surface area contributed by atoms with Crippen molar-refractivity contribution in [1.82, 2.24) is 0 Å². The van der Waals surface area contributed by atoms with Crippen molar-refractivity contribution < 1.29 is 51.0 Å². The van der Waals surface area contributed by atoms with Gasteiger partial charge in [0.1, 0.15) is 0 Å². The summed E-state index contributed by atoms with van der Waals surface area (Å²) in [6, 6.07) is 16.4. The first-order valence-corrected chi connectivity index (χ1v) is 7.43. The first kappa shape index (κ1) is 22.1. The van der Waals surface area contributed by atoms with Crippen molar-refractivity contribution in [2.45, 2.75) is 12.8 Å². The van der Waals surface area contributed by atoms with Gasteiger partial charge in [0.25, 0.3) is 0 Å². The third-order valence-electron chi connectivity index (χ3n) is 3.25. The van der Waals surface area contributed by atoms with E-state index >= 15 is 0 Å². The molecule has 0 atom stereocenters. The van der Waals surface area contributed by atoms with E-state index < -0.39 is 0 Å². The van der Waals surface area contributed by atoms with Gasteiger partial charge in [-0.1, -0.05) is 61.6 Å². The molecule has 110 valence electrons. The van der Waals surface area contributed by atoms with Crippen LogP contribution in [-0.4, -0.2) is 0 Å². The van der Waals surface area contributed by atoms with Crippen LogP contribution in [0, 0.1) is 15.7 Å². The summed E-state index contributed by atoms with van der Waals surface area (Å²) in [4.78, 5) is 0. The molecule has 22 heavy (non-hydrogen) atoms. The van der Waals surface area contributed by atoms with Gasteiger partial charge in [0.15, 0.2) is 0 Å². The van der Waals surface area contributed by atoms with Gasteiger partial charge in [-0.15, -0.1) is 17.5 Å². The minimum Gasteiger partial charge on any atom is -1.00 e. The Balaban J connectivity index is 0.000000482. The normalized spacial score (nSPS) is 11.9. The van der Waals surface area contributed by atoms with Gasteiger partial charge in [-0.3, -0.25) is 6.08 Å². The summed E-state index contributed by atoms with van der Waals surface area (Å²) in [5.74, 6) is 0. The Bertz CT molecular complexity index is 656. The van der Waals surface area contributed by atoms with E-state index in [0.717, 1.165) is 12.8 Å². The van der Waals surface area contributed by atoms with Gasteiger partial charge >= 0.3 is 26.2 Å². The van der Waals surface area contributed by atoms with Crippen molar-refractivity contribution in [3.63, 3.8) is 0 Å².